The molecule has 1 unspecified atom stereocenters. The molecular formula is C11H15NO2S. The van der Waals surface area contributed by atoms with E-state index >= 15 is 0 Å². The van der Waals surface area contributed by atoms with Crippen LogP contribution in [0.2, 0.25) is 0 Å². The van der Waals surface area contributed by atoms with Crippen LogP contribution < -0.4 is 0 Å². The molecule has 0 spiro atoms. The summed E-state index contributed by atoms with van der Waals surface area (Å²) in [5, 5.41) is 0. The van der Waals surface area contributed by atoms with Gasteiger partial charge in [-0.2, -0.15) is 4.31 Å². The van der Waals surface area contributed by atoms with Crippen LogP contribution in [-0.4, -0.2) is 25.0 Å². The lowest BCUT2D eigenvalue weighted by atomic mass is 9.97. The minimum absolute atomic E-state index is 0.0647. The van der Waals surface area contributed by atoms with Crippen molar-refractivity contribution < 1.29 is 8.42 Å². The molecule has 2 rings (SSSR count). The first-order chi connectivity index (χ1) is 6.98. The third-order valence-corrected chi connectivity index (χ3v) is 4.22. The summed E-state index contributed by atoms with van der Waals surface area (Å²) in [5.41, 5.74) is 2.39. The average molecular weight is 225 g/mol. The smallest absolute Gasteiger partial charge is 0.211 e. The second kappa shape index (κ2) is 3.61. The Hall–Kier alpha value is -0.870. The highest BCUT2D eigenvalue weighted by Gasteiger charge is 2.28. The Balaban J connectivity index is 2.38. The third-order valence-electron chi connectivity index (χ3n) is 2.88. The van der Waals surface area contributed by atoms with Crippen molar-refractivity contribution in [3.8, 4) is 0 Å². The van der Waals surface area contributed by atoms with Gasteiger partial charge in [0, 0.05) is 12.6 Å². The zero-order chi connectivity index (χ0) is 11.1. The van der Waals surface area contributed by atoms with Crippen LogP contribution in [-0.2, 0) is 23.0 Å². The van der Waals surface area contributed by atoms with E-state index in [9.17, 15) is 8.42 Å². The molecule has 0 radical (unpaired) electrons. The summed E-state index contributed by atoms with van der Waals surface area (Å²) in [6.45, 7) is 2.47. The predicted octanol–water partition coefficient (Wildman–Crippen LogP) is 1.39. The molecule has 1 aromatic carbocycles. The Bertz CT molecular complexity index is 467. The summed E-state index contributed by atoms with van der Waals surface area (Å²) < 4.78 is 24.6. The molecule has 0 saturated carbocycles. The van der Waals surface area contributed by atoms with E-state index < -0.39 is 10.0 Å². The van der Waals surface area contributed by atoms with Crippen molar-refractivity contribution >= 4 is 10.0 Å². The summed E-state index contributed by atoms with van der Waals surface area (Å²) >= 11 is 0. The molecule has 1 aliphatic rings. The molecule has 4 heteroatoms. The van der Waals surface area contributed by atoms with Crippen LogP contribution in [0.4, 0.5) is 0 Å². The summed E-state index contributed by atoms with van der Waals surface area (Å²) in [6.07, 6.45) is 2.08. The summed E-state index contributed by atoms with van der Waals surface area (Å²) in [7, 11) is -3.08. The molecule has 0 bridgehead atoms. The fourth-order valence-corrected chi connectivity index (χ4v) is 3.20. The van der Waals surface area contributed by atoms with Crippen LogP contribution in [0.1, 0.15) is 18.1 Å². The van der Waals surface area contributed by atoms with Crippen LogP contribution in [0.3, 0.4) is 0 Å². The first-order valence-corrected chi connectivity index (χ1v) is 6.87. The van der Waals surface area contributed by atoms with Crippen LogP contribution in [0, 0.1) is 0 Å². The monoisotopic (exact) mass is 225 g/mol. The van der Waals surface area contributed by atoms with E-state index in [4.69, 9.17) is 0 Å². The maximum Gasteiger partial charge on any atom is 0.211 e. The summed E-state index contributed by atoms with van der Waals surface area (Å²) in [4.78, 5) is 0. The van der Waals surface area contributed by atoms with E-state index in [1.54, 1.807) is 4.31 Å². The summed E-state index contributed by atoms with van der Waals surface area (Å²) in [6, 6.07) is 8.09. The topological polar surface area (TPSA) is 37.4 Å². The fraction of sp³-hybridized carbons (Fsp3) is 0.455. The minimum atomic E-state index is -3.08. The highest BCUT2D eigenvalue weighted by atomic mass is 32.2. The maximum absolute atomic E-state index is 11.5. The van der Waals surface area contributed by atoms with E-state index in [2.05, 4.69) is 6.07 Å². The first-order valence-electron chi connectivity index (χ1n) is 5.02. The standard InChI is InChI=1S/C11H15NO2S/c1-9-7-10-5-3-4-6-11(10)8-12(9)15(2,13)14/h3-6,9H,7-8H2,1-2H3. The van der Waals surface area contributed by atoms with Gasteiger partial charge in [-0.3, -0.25) is 0 Å². The zero-order valence-corrected chi connectivity index (χ0v) is 9.79. The van der Waals surface area contributed by atoms with E-state index in [-0.39, 0.29) is 6.04 Å². The van der Waals surface area contributed by atoms with Crippen molar-refractivity contribution in [2.75, 3.05) is 6.26 Å². The van der Waals surface area contributed by atoms with Gasteiger partial charge < -0.3 is 0 Å². The van der Waals surface area contributed by atoms with Gasteiger partial charge in [-0.25, -0.2) is 8.42 Å². The molecule has 0 amide bonds. The number of hydrogen-bond acceptors (Lipinski definition) is 2. The van der Waals surface area contributed by atoms with Crippen molar-refractivity contribution in [2.24, 2.45) is 0 Å². The van der Waals surface area contributed by atoms with E-state index in [1.165, 1.54) is 11.8 Å². The van der Waals surface area contributed by atoms with Gasteiger partial charge in [-0.1, -0.05) is 24.3 Å². The molecule has 0 fully saturated rings. The highest BCUT2D eigenvalue weighted by molar-refractivity contribution is 7.88. The molecule has 0 aliphatic carbocycles. The predicted molar refractivity (Wildman–Crippen MR) is 60.0 cm³/mol. The molecule has 1 heterocycles. The molecule has 0 aromatic heterocycles. The van der Waals surface area contributed by atoms with Gasteiger partial charge in [0.15, 0.2) is 0 Å². The normalized spacial score (nSPS) is 22.4. The van der Waals surface area contributed by atoms with Gasteiger partial charge >= 0.3 is 0 Å². The van der Waals surface area contributed by atoms with E-state index in [0.29, 0.717) is 6.54 Å². The Morgan fingerprint density at radius 1 is 1.27 bits per heavy atom. The van der Waals surface area contributed by atoms with Crippen molar-refractivity contribution in [2.45, 2.75) is 25.9 Å². The van der Waals surface area contributed by atoms with Crippen molar-refractivity contribution in [1.29, 1.82) is 0 Å². The first kappa shape index (κ1) is 10.6. The van der Waals surface area contributed by atoms with Gasteiger partial charge in [0.05, 0.1) is 6.26 Å². The lowest BCUT2D eigenvalue weighted by Gasteiger charge is -2.32. The number of benzene rings is 1. The quantitative estimate of drug-likeness (QED) is 0.724. The number of fused-ring (bicyclic) bond motifs is 1. The minimum Gasteiger partial charge on any atom is -0.212 e. The molecule has 1 atom stereocenters. The van der Waals surface area contributed by atoms with Gasteiger partial charge in [-0.05, 0) is 24.5 Å². The average Bonchev–Trinajstić information content (AvgIpc) is 2.15. The van der Waals surface area contributed by atoms with E-state index in [1.807, 2.05) is 25.1 Å². The van der Waals surface area contributed by atoms with Crippen molar-refractivity contribution in [1.82, 2.24) is 4.31 Å². The third kappa shape index (κ3) is 2.06. The molecule has 3 nitrogen and oxygen atoms in total. The fourth-order valence-electron chi connectivity index (χ4n) is 2.10. The van der Waals surface area contributed by atoms with Crippen LogP contribution in [0.5, 0.6) is 0 Å². The number of sulfonamides is 1. The van der Waals surface area contributed by atoms with Crippen LogP contribution >= 0.6 is 0 Å². The molecule has 1 aromatic rings. The zero-order valence-electron chi connectivity index (χ0n) is 8.97. The number of hydrogen-bond donors (Lipinski definition) is 0. The van der Waals surface area contributed by atoms with Gasteiger partial charge in [0.2, 0.25) is 10.0 Å². The lowest BCUT2D eigenvalue weighted by Crippen LogP contribution is -2.41. The Morgan fingerprint density at radius 2 is 1.87 bits per heavy atom. The molecule has 1 aliphatic heterocycles. The Kier molecular flexibility index (Phi) is 2.56. The summed E-state index contributed by atoms with van der Waals surface area (Å²) in [5.74, 6) is 0. The van der Waals surface area contributed by atoms with Gasteiger partial charge in [0.25, 0.3) is 0 Å². The SMILES string of the molecule is CC1Cc2ccccc2CN1S(C)(=O)=O. The van der Waals surface area contributed by atoms with E-state index in [0.717, 1.165) is 12.0 Å². The van der Waals surface area contributed by atoms with Crippen LogP contribution in [0.15, 0.2) is 24.3 Å². The largest absolute Gasteiger partial charge is 0.212 e. The van der Waals surface area contributed by atoms with Crippen LogP contribution in [0.25, 0.3) is 0 Å². The lowest BCUT2D eigenvalue weighted by molar-refractivity contribution is 0.312. The second-order valence-corrected chi connectivity index (χ2v) is 6.07. The Labute approximate surface area is 90.8 Å². The molecule has 0 saturated heterocycles. The number of rotatable bonds is 1. The number of nitrogens with zero attached hydrogens (tertiary/aromatic N) is 1. The molecule has 15 heavy (non-hydrogen) atoms. The Morgan fingerprint density at radius 3 is 2.47 bits per heavy atom. The van der Waals surface area contributed by atoms with Gasteiger partial charge in [0.1, 0.15) is 0 Å². The van der Waals surface area contributed by atoms with Crippen molar-refractivity contribution in [3.05, 3.63) is 35.4 Å². The maximum atomic E-state index is 11.5. The molecule has 82 valence electrons. The van der Waals surface area contributed by atoms with Gasteiger partial charge in [-0.15, -0.1) is 0 Å². The highest BCUT2D eigenvalue weighted by Crippen LogP contribution is 2.24. The van der Waals surface area contributed by atoms with Crippen molar-refractivity contribution in [3.63, 3.8) is 0 Å². The second-order valence-electron chi connectivity index (χ2n) is 4.13. The molecule has 0 N–H and O–H groups in total. The molecular weight excluding hydrogens is 210 g/mol.